The van der Waals surface area contributed by atoms with Crippen LogP contribution in [-0.4, -0.2) is 14.3 Å². The van der Waals surface area contributed by atoms with Gasteiger partial charge in [0.2, 0.25) is 5.91 Å². The highest BCUT2D eigenvalue weighted by Crippen LogP contribution is 2.27. The van der Waals surface area contributed by atoms with Gasteiger partial charge in [-0.1, -0.05) is 43.6 Å². The molecule has 0 aromatic heterocycles. The fourth-order valence-electron chi connectivity index (χ4n) is 2.16. The van der Waals surface area contributed by atoms with Crippen molar-refractivity contribution in [2.45, 2.75) is 32.1 Å². The number of hydrogen-bond donors (Lipinski definition) is 2. The zero-order valence-corrected chi connectivity index (χ0v) is 15.9. The summed E-state index contributed by atoms with van der Waals surface area (Å²) in [4.78, 5) is 12.1. The Morgan fingerprint density at radius 2 is 1.88 bits per heavy atom. The predicted molar refractivity (Wildman–Crippen MR) is 102 cm³/mol. The standard InChI is InChI=1S/C18H21ClN2O3S/c1-4-12(2)18(22)20-14-10-9-13(3)17(11-14)25(23,24)21-16-8-6-5-7-15(16)19/h5-12,21H,4H2,1-3H3,(H,20,22)/t12-/m1/s1. The van der Waals surface area contributed by atoms with Crippen molar-refractivity contribution in [3.63, 3.8) is 0 Å². The van der Waals surface area contributed by atoms with Crippen LogP contribution >= 0.6 is 11.6 Å². The highest BCUT2D eigenvalue weighted by atomic mass is 35.5. The molecule has 2 aromatic rings. The SMILES string of the molecule is CC[C@@H](C)C(=O)Nc1ccc(C)c(S(=O)(=O)Nc2ccccc2Cl)c1. The largest absolute Gasteiger partial charge is 0.326 e. The van der Waals surface area contributed by atoms with Crippen LogP contribution in [0.15, 0.2) is 47.4 Å². The molecule has 0 aliphatic rings. The zero-order valence-electron chi connectivity index (χ0n) is 14.3. The van der Waals surface area contributed by atoms with Crippen molar-refractivity contribution in [3.05, 3.63) is 53.1 Å². The van der Waals surface area contributed by atoms with Gasteiger partial charge in [0.1, 0.15) is 0 Å². The summed E-state index contributed by atoms with van der Waals surface area (Å²) in [5, 5.41) is 3.06. The molecule has 0 aliphatic heterocycles. The molecule has 0 radical (unpaired) electrons. The molecule has 5 nitrogen and oxygen atoms in total. The monoisotopic (exact) mass is 380 g/mol. The summed E-state index contributed by atoms with van der Waals surface area (Å²) in [6.45, 7) is 5.43. The van der Waals surface area contributed by atoms with E-state index in [1.165, 1.54) is 6.07 Å². The molecule has 0 fully saturated rings. The third kappa shape index (κ3) is 4.74. The third-order valence-electron chi connectivity index (χ3n) is 3.92. The number of para-hydroxylation sites is 1. The normalized spacial score (nSPS) is 12.5. The summed E-state index contributed by atoms with van der Waals surface area (Å²) in [6.07, 6.45) is 0.705. The molecule has 0 spiro atoms. The average molecular weight is 381 g/mol. The Kier molecular flexibility index (Phi) is 6.08. The number of carbonyl (C=O) groups is 1. The maximum Gasteiger partial charge on any atom is 0.262 e. The van der Waals surface area contributed by atoms with Crippen molar-refractivity contribution in [1.82, 2.24) is 0 Å². The molecule has 0 heterocycles. The first-order chi connectivity index (χ1) is 11.7. The molecule has 2 rings (SSSR count). The first-order valence-corrected chi connectivity index (χ1v) is 9.79. The van der Waals surface area contributed by atoms with Crippen molar-refractivity contribution in [2.75, 3.05) is 10.0 Å². The van der Waals surface area contributed by atoms with E-state index in [1.807, 2.05) is 13.8 Å². The summed E-state index contributed by atoms with van der Waals surface area (Å²) < 4.78 is 27.9. The number of nitrogens with one attached hydrogen (secondary N) is 2. The quantitative estimate of drug-likeness (QED) is 0.778. The molecule has 2 N–H and O–H groups in total. The number of carbonyl (C=O) groups excluding carboxylic acids is 1. The van der Waals surface area contributed by atoms with Gasteiger partial charge in [0.25, 0.3) is 10.0 Å². The molecular formula is C18H21ClN2O3S. The first kappa shape index (κ1) is 19.3. The van der Waals surface area contributed by atoms with Gasteiger partial charge in [-0.05, 0) is 43.2 Å². The first-order valence-electron chi connectivity index (χ1n) is 7.93. The van der Waals surface area contributed by atoms with Crippen molar-refractivity contribution in [2.24, 2.45) is 5.92 Å². The van der Waals surface area contributed by atoms with E-state index >= 15 is 0 Å². The van der Waals surface area contributed by atoms with Crippen molar-refractivity contribution in [3.8, 4) is 0 Å². The molecule has 0 saturated heterocycles. The number of rotatable bonds is 6. The maximum atomic E-state index is 12.7. The fourth-order valence-corrected chi connectivity index (χ4v) is 3.75. The minimum Gasteiger partial charge on any atom is -0.326 e. The van der Waals surface area contributed by atoms with E-state index in [0.717, 1.165) is 0 Å². The Hall–Kier alpha value is -2.05. The Morgan fingerprint density at radius 3 is 2.52 bits per heavy atom. The van der Waals surface area contributed by atoms with E-state index < -0.39 is 10.0 Å². The van der Waals surface area contributed by atoms with Crippen LogP contribution in [0.3, 0.4) is 0 Å². The van der Waals surface area contributed by atoms with E-state index in [4.69, 9.17) is 11.6 Å². The number of halogens is 1. The second kappa shape index (κ2) is 7.89. The summed E-state index contributed by atoms with van der Waals surface area (Å²) >= 11 is 6.02. The van der Waals surface area contributed by atoms with Crippen LogP contribution in [0.2, 0.25) is 5.02 Å². The van der Waals surface area contributed by atoms with Gasteiger partial charge in [-0.3, -0.25) is 9.52 Å². The molecule has 7 heteroatoms. The number of sulfonamides is 1. The van der Waals surface area contributed by atoms with Crippen molar-refractivity contribution in [1.29, 1.82) is 0 Å². The number of aryl methyl sites for hydroxylation is 1. The minimum atomic E-state index is -3.84. The van der Waals surface area contributed by atoms with Crippen molar-refractivity contribution >= 4 is 38.9 Å². The molecule has 0 unspecified atom stereocenters. The van der Waals surface area contributed by atoms with Crippen LogP contribution in [0, 0.1) is 12.8 Å². The van der Waals surface area contributed by atoms with Crippen molar-refractivity contribution < 1.29 is 13.2 Å². The van der Waals surface area contributed by atoms with E-state index in [9.17, 15) is 13.2 Å². The van der Waals surface area contributed by atoms with Crippen LogP contribution in [0.5, 0.6) is 0 Å². The second-order valence-electron chi connectivity index (χ2n) is 5.86. The number of benzene rings is 2. The van der Waals surface area contributed by atoms with E-state index in [-0.39, 0.29) is 16.7 Å². The van der Waals surface area contributed by atoms with E-state index in [2.05, 4.69) is 10.0 Å². The summed E-state index contributed by atoms with van der Waals surface area (Å²) in [5.74, 6) is -0.295. The minimum absolute atomic E-state index is 0.0920. The van der Waals surface area contributed by atoms with Gasteiger partial charge < -0.3 is 5.32 Å². The fraction of sp³-hybridized carbons (Fsp3) is 0.278. The Balaban J connectivity index is 2.33. The van der Waals surface area contributed by atoms with Crippen LogP contribution in [0.25, 0.3) is 0 Å². The second-order valence-corrected chi connectivity index (χ2v) is 7.92. The summed E-state index contributed by atoms with van der Waals surface area (Å²) in [5.41, 5.74) is 1.31. The molecule has 1 atom stereocenters. The molecule has 25 heavy (non-hydrogen) atoms. The Morgan fingerprint density at radius 1 is 1.20 bits per heavy atom. The lowest BCUT2D eigenvalue weighted by atomic mass is 10.1. The lowest BCUT2D eigenvalue weighted by molar-refractivity contribution is -0.119. The maximum absolute atomic E-state index is 12.7. The Labute approximate surface area is 153 Å². The average Bonchev–Trinajstić information content (AvgIpc) is 2.57. The van der Waals surface area contributed by atoms with E-state index in [1.54, 1.807) is 43.3 Å². The topological polar surface area (TPSA) is 75.3 Å². The van der Waals surface area contributed by atoms with Gasteiger partial charge in [-0.15, -0.1) is 0 Å². The zero-order chi connectivity index (χ0) is 18.6. The summed E-state index contributed by atoms with van der Waals surface area (Å²) in [6, 6.07) is 11.4. The molecule has 0 bridgehead atoms. The highest BCUT2D eigenvalue weighted by molar-refractivity contribution is 7.92. The smallest absolute Gasteiger partial charge is 0.262 e. The van der Waals surface area contributed by atoms with Gasteiger partial charge in [0, 0.05) is 11.6 Å². The van der Waals surface area contributed by atoms with Crippen LogP contribution in [0.4, 0.5) is 11.4 Å². The lowest BCUT2D eigenvalue weighted by Gasteiger charge is -2.14. The van der Waals surface area contributed by atoms with Crippen LogP contribution < -0.4 is 10.0 Å². The number of hydrogen-bond acceptors (Lipinski definition) is 3. The molecule has 1 amide bonds. The molecular weight excluding hydrogens is 360 g/mol. The third-order valence-corrected chi connectivity index (χ3v) is 5.76. The van der Waals surface area contributed by atoms with E-state index in [0.29, 0.717) is 28.4 Å². The molecule has 2 aromatic carbocycles. The predicted octanol–water partition coefficient (Wildman–Crippen LogP) is 4.43. The summed E-state index contributed by atoms with van der Waals surface area (Å²) in [7, 11) is -3.84. The van der Waals surface area contributed by atoms with Crippen LogP contribution in [0.1, 0.15) is 25.8 Å². The highest BCUT2D eigenvalue weighted by Gasteiger charge is 2.20. The molecule has 0 aliphatic carbocycles. The number of amides is 1. The Bertz CT molecular complexity index is 882. The number of anilines is 2. The lowest BCUT2D eigenvalue weighted by Crippen LogP contribution is -2.20. The van der Waals surface area contributed by atoms with Gasteiger partial charge in [0.15, 0.2) is 0 Å². The van der Waals surface area contributed by atoms with Gasteiger partial charge >= 0.3 is 0 Å². The van der Waals surface area contributed by atoms with Gasteiger partial charge in [-0.25, -0.2) is 8.42 Å². The van der Waals surface area contributed by atoms with Gasteiger partial charge in [-0.2, -0.15) is 0 Å². The molecule has 0 saturated carbocycles. The van der Waals surface area contributed by atoms with Gasteiger partial charge in [0.05, 0.1) is 15.6 Å². The molecule has 134 valence electrons. The van der Waals surface area contributed by atoms with Crippen LogP contribution in [-0.2, 0) is 14.8 Å².